The molecular weight excluding hydrogens is 421 g/mol. The number of hydrogen-bond acceptors (Lipinski definition) is 3. The largest absolute Gasteiger partial charge is 0.497 e. The topological polar surface area (TPSA) is 74.0 Å². The van der Waals surface area contributed by atoms with E-state index >= 15 is 0 Å². The van der Waals surface area contributed by atoms with Gasteiger partial charge in [-0.05, 0) is 49.2 Å². The number of halogens is 3. The van der Waals surface area contributed by atoms with Crippen molar-refractivity contribution in [3.05, 3.63) is 59.5 Å². The number of alkyl halides is 3. The highest BCUT2D eigenvalue weighted by Crippen LogP contribution is 2.32. The Bertz CT molecular complexity index is 1310. The predicted octanol–water partition coefficient (Wildman–Crippen LogP) is 5.09. The molecule has 0 radical (unpaired) electrons. The van der Waals surface area contributed by atoms with Crippen molar-refractivity contribution in [2.24, 2.45) is 0 Å². The Morgan fingerprint density at radius 3 is 2.75 bits per heavy atom. The van der Waals surface area contributed by atoms with Gasteiger partial charge in [-0.2, -0.15) is 13.2 Å². The highest BCUT2D eigenvalue weighted by Gasteiger charge is 2.33. The number of pyridine rings is 1. The number of amides is 1. The fourth-order valence-electron chi connectivity index (χ4n) is 4.34. The summed E-state index contributed by atoms with van der Waals surface area (Å²) in [5.74, 6) is 0.608. The van der Waals surface area contributed by atoms with Crippen molar-refractivity contribution in [2.45, 2.75) is 24.9 Å². The van der Waals surface area contributed by atoms with Crippen molar-refractivity contribution >= 4 is 27.8 Å². The van der Waals surface area contributed by atoms with E-state index in [1.165, 1.54) is 6.07 Å². The minimum Gasteiger partial charge on any atom is -0.497 e. The molecule has 0 aliphatic carbocycles. The third kappa shape index (κ3) is 3.68. The van der Waals surface area contributed by atoms with Gasteiger partial charge in [0.1, 0.15) is 17.1 Å². The normalized spacial score (nSPS) is 17.2. The van der Waals surface area contributed by atoms with Gasteiger partial charge in [0, 0.05) is 41.7 Å². The second kappa shape index (κ2) is 7.58. The molecule has 1 unspecified atom stereocenters. The summed E-state index contributed by atoms with van der Waals surface area (Å²) in [6.07, 6.45) is -2.84. The van der Waals surface area contributed by atoms with Gasteiger partial charge in [0.25, 0.3) is 5.91 Å². The van der Waals surface area contributed by atoms with E-state index in [9.17, 15) is 18.0 Å². The quantitative estimate of drug-likeness (QED) is 0.464. The van der Waals surface area contributed by atoms with Crippen LogP contribution in [-0.2, 0) is 6.18 Å². The molecule has 0 spiro atoms. The summed E-state index contributed by atoms with van der Waals surface area (Å²) in [6, 6.07) is 11.5. The predicted molar refractivity (Wildman–Crippen MR) is 114 cm³/mol. The Hall–Kier alpha value is -3.49. The van der Waals surface area contributed by atoms with Gasteiger partial charge in [-0.1, -0.05) is 0 Å². The molecule has 4 aromatic rings. The summed E-state index contributed by atoms with van der Waals surface area (Å²) < 4.78 is 44.1. The number of aromatic nitrogens is 3. The zero-order valence-corrected chi connectivity index (χ0v) is 17.3. The fraction of sp³-hybridized carbons (Fsp3) is 0.304. The molecule has 1 amide bonds. The van der Waals surface area contributed by atoms with Crippen molar-refractivity contribution in [1.82, 2.24) is 19.9 Å². The number of rotatable bonds is 3. The average molecular weight is 442 g/mol. The summed E-state index contributed by atoms with van der Waals surface area (Å²) in [5, 5.41) is 0.921. The Kier molecular flexibility index (Phi) is 4.83. The standard InChI is InChI=1S/C23H21F3N4O2/c1-32-15-5-4-13-9-20(28-17(13)10-15)22(31)30-8-2-3-14(12-30)18-11-19-16(27-18)6-7-21(29-19)23(24,25)26/h4-7,9-11,14,27-28H,2-3,8,12H2,1H3. The van der Waals surface area contributed by atoms with E-state index in [-0.39, 0.29) is 17.3 Å². The van der Waals surface area contributed by atoms with E-state index in [1.54, 1.807) is 18.1 Å². The second-order valence-corrected chi connectivity index (χ2v) is 8.08. The number of nitrogens with zero attached hydrogens (tertiary/aromatic N) is 2. The molecule has 5 rings (SSSR count). The van der Waals surface area contributed by atoms with Crippen molar-refractivity contribution in [3.63, 3.8) is 0 Å². The van der Waals surface area contributed by atoms with Gasteiger partial charge in [0.15, 0.2) is 0 Å². The Balaban J connectivity index is 1.37. The summed E-state index contributed by atoms with van der Waals surface area (Å²) >= 11 is 0. The van der Waals surface area contributed by atoms with Crippen LogP contribution in [-0.4, -0.2) is 46.0 Å². The van der Waals surface area contributed by atoms with Crippen LogP contribution in [0.3, 0.4) is 0 Å². The zero-order valence-electron chi connectivity index (χ0n) is 17.3. The van der Waals surface area contributed by atoms with Crippen LogP contribution in [0, 0.1) is 0 Å². The van der Waals surface area contributed by atoms with Crippen LogP contribution in [0.1, 0.15) is 40.6 Å². The van der Waals surface area contributed by atoms with Crippen molar-refractivity contribution in [1.29, 1.82) is 0 Å². The Morgan fingerprint density at radius 1 is 1.12 bits per heavy atom. The molecule has 1 saturated heterocycles. The van der Waals surface area contributed by atoms with Crippen LogP contribution in [0.5, 0.6) is 5.75 Å². The molecule has 166 valence electrons. The molecule has 1 fully saturated rings. The minimum atomic E-state index is -4.48. The first kappa shape index (κ1) is 20.4. The lowest BCUT2D eigenvalue weighted by molar-refractivity contribution is -0.140. The maximum Gasteiger partial charge on any atom is 0.433 e. The molecule has 32 heavy (non-hydrogen) atoms. The molecule has 2 N–H and O–H groups in total. The molecular formula is C23H21F3N4O2. The van der Waals surface area contributed by atoms with E-state index in [0.717, 1.165) is 35.5 Å². The maximum absolute atomic E-state index is 13.1. The Labute approximate surface area is 181 Å². The van der Waals surface area contributed by atoms with Gasteiger partial charge < -0.3 is 19.6 Å². The molecule has 1 atom stereocenters. The number of nitrogens with one attached hydrogen (secondary N) is 2. The van der Waals surface area contributed by atoms with Gasteiger partial charge in [-0.25, -0.2) is 4.98 Å². The SMILES string of the molecule is COc1ccc2cc(C(=O)N3CCCC(c4cc5nc(C(F)(F)F)ccc5[nH]4)C3)[nH]c2c1. The first-order valence-electron chi connectivity index (χ1n) is 10.3. The van der Waals surface area contributed by atoms with Crippen LogP contribution < -0.4 is 4.74 Å². The molecule has 4 heterocycles. The number of hydrogen-bond donors (Lipinski definition) is 2. The monoisotopic (exact) mass is 442 g/mol. The highest BCUT2D eigenvalue weighted by molar-refractivity contribution is 5.98. The number of ether oxygens (including phenoxy) is 1. The number of carbonyl (C=O) groups excluding carboxylic acids is 1. The second-order valence-electron chi connectivity index (χ2n) is 8.08. The molecule has 9 heteroatoms. The van der Waals surface area contributed by atoms with Gasteiger partial charge >= 0.3 is 6.18 Å². The molecule has 1 aromatic carbocycles. The summed E-state index contributed by atoms with van der Waals surface area (Å²) in [5.41, 5.74) is 2.05. The molecule has 3 aromatic heterocycles. The number of fused-ring (bicyclic) bond motifs is 2. The molecule has 1 aliphatic heterocycles. The van der Waals surface area contributed by atoms with Crippen molar-refractivity contribution < 1.29 is 22.7 Å². The van der Waals surface area contributed by atoms with E-state index in [4.69, 9.17) is 4.74 Å². The number of piperidine rings is 1. The lowest BCUT2D eigenvalue weighted by Gasteiger charge is -2.32. The number of methoxy groups -OCH3 is 1. The van der Waals surface area contributed by atoms with E-state index in [1.807, 2.05) is 24.3 Å². The third-order valence-electron chi connectivity index (χ3n) is 5.99. The molecule has 1 aliphatic rings. The van der Waals surface area contributed by atoms with Crippen LogP contribution in [0.25, 0.3) is 21.9 Å². The summed E-state index contributed by atoms with van der Waals surface area (Å²) in [4.78, 5) is 25.0. The van der Waals surface area contributed by atoms with Crippen LogP contribution in [0.2, 0.25) is 0 Å². The fourth-order valence-corrected chi connectivity index (χ4v) is 4.34. The van der Waals surface area contributed by atoms with Crippen molar-refractivity contribution in [3.8, 4) is 5.75 Å². The van der Waals surface area contributed by atoms with Crippen molar-refractivity contribution in [2.75, 3.05) is 20.2 Å². The van der Waals surface area contributed by atoms with Crippen LogP contribution >= 0.6 is 0 Å². The molecule has 0 bridgehead atoms. The minimum absolute atomic E-state index is 0.000657. The highest BCUT2D eigenvalue weighted by atomic mass is 19.4. The first-order valence-corrected chi connectivity index (χ1v) is 10.3. The number of likely N-dealkylation sites (tertiary alicyclic amines) is 1. The van der Waals surface area contributed by atoms with E-state index < -0.39 is 11.9 Å². The van der Waals surface area contributed by atoms with Crippen LogP contribution in [0.15, 0.2) is 42.5 Å². The molecule has 6 nitrogen and oxygen atoms in total. The van der Waals surface area contributed by atoms with Gasteiger partial charge in [-0.3, -0.25) is 4.79 Å². The first-order chi connectivity index (χ1) is 15.3. The van der Waals surface area contributed by atoms with Gasteiger partial charge in [0.2, 0.25) is 0 Å². The average Bonchev–Trinajstić information content (AvgIpc) is 3.41. The zero-order chi connectivity index (χ0) is 22.5. The van der Waals surface area contributed by atoms with Gasteiger partial charge in [0.05, 0.1) is 18.1 Å². The third-order valence-corrected chi connectivity index (χ3v) is 5.99. The number of benzene rings is 1. The number of H-pyrrole nitrogens is 2. The summed E-state index contributed by atoms with van der Waals surface area (Å²) in [6.45, 7) is 1.11. The number of carbonyl (C=O) groups is 1. The van der Waals surface area contributed by atoms with Crippen LogP contribution in [0.4, 0.5) is 13.2 Å². The molecule has 0 saturated carbocycles. The number of aromatic amines is 2. The lowest BCUT2D eigenvalue weighted by atomic mass is 9.94. The maximum atomic E-state index is 13.1. The smallest absolute Gasteiger partial charge is 0.433 e. The van der Waals surface area contributed by atoms with Gasteiger partial charge in [-0.15, -0.1) is 0 Å². The lowest BCUT2D eigenvalue weighted by Crippen LogP contribution is -2.39. The Morgan fingerprint density at radius 2 is 1.97 bits per heavy atom. The van der Waals surface area contributed by atoms with E-state index in [0.29, 0.717) is 30.0 Å². The van der Waals surface area contributed by atoms with E-state index in [2.05, 4.69) is 15.0 Å². The summed E-state index contributed by atoms with van der Waals surface area (Å²) in [7, 11) is 1.59.